The van der Waals surface area contributed by atoms with Crippen molar-refractivity contribution in [3.8, 4) is 0 Å². The molecule has 0 bridgehead atoms. The Labute approximate surface area is 80.5 Å². The highest BCUT2D eigenvalue weighted by molar-refractivity contribution is 9.10. The summed E-state index contributed by atoms with van der Waals surface area (Å²) in [6, 6.07) is 7.91. The Hall–Kier alpha value is -0.340. The molecule has 0 aromatic heterocycles. The minimum absolute atomic E-state index is 0.248. The average molecular weight is 227 g/mol. The van der Waals surface area contributed by atoms with Gasteiger partial charge in [-0.25, -0.2) is 0 Å². The molecule has 0 spiro atoms. The Balaban J connectivity index is 2.20. The van der Waals surface area contributed by atoms with Crippen molar-refractivity contribution < 1.29 is 5.11 Å². The number of halogens is 1. The maximum atomic E-state index is 9.76. The number of rotatable bonds is 2. The van der Waals surface area contributed by atoms with Crippen molar-refractivity contribution in [3.63, 3.8) is 0 Å². The predicted molar refractivity (Wildman–Crippen MR) is 51.8 cm³/mol. The standard InChI is InChI=1S/C10H11BrO/c11-9-3-1-2-8(6-9)10(12)7-4-5-7/h1-3,6-7,10,12H,4-5H2/t10-/m0/s1. The second-order valence-corrected chi connectivity index (χ2v) is 4.25. The van der Waals surface area contributed by atoms with Gasteiger partial charge in [-0.1, -0.05) is 28.1 Å². The average Bonchev–Trinajstić information content (AvgIpc) is 2.85. The zero-order chi connectivity index (χ0) is 8.55. The molecule has 2 rings (SSSR count). The molecular weight excluding hydrogens is 216 g/mol. The van der Waals surface area contributed by atoms with E-state index in [0.29, 0.717) is 5.92 Å². The number of aliphatic hydroxyl groups excluding tert-OH is 1. The summed E-state index contributed by atoms with van der Waals surface area (Å²) in [5.74, 6) is 0.513. The lowest BCUT2D eigenvalue weighted by molar-refractivity contribution is 0.154. The summed E-state index contributed by atoms with van der Waals surface area (Å²) in [7, 11) is 0. The molecule has 1 nitrogen and oxygen atoms in total. The molecule has 0 unspecified atom stereocenters. The van der Waals surface area contributed by atoms with Crippen molar-refractivity contribution in [2.45, 2.75) is 18.9 Å². The van der Waals surface area contributed by atoms with E-state index in [4.69, 9.17) is 0 Å². The van der Waals surface area contributed by atoms with E-state index in [9.17, 15) is 5.11 Å². The molecule has 0 radical (unpaired) electrons. The lowest BCUT2D eigenvalue weighted by Gasteiger charge is -2.08. The van der Waals surface area contributed by atoms with Crippen molar-refractivity contribution in [1.29, 1.82) is 0 Å². The van der Waals surface area contributed by atoms with Gasteiger partial charge in [-0.15, -0.1) is 0 Å². The molecule has 1 N–H and O–H groups in total. The summed E-state index contributed by atoms with van der Waals surface area (Å²) >= 11 is 3.39. The molecule has 1 aromatic carbocycles. The van der Waals surface area contributed by atoms with E-state index >= 15 is 0 Å². The van der Waals surface area contributed by atoms with Crippen molar-refractivity contribution in [2.75, 3.05) is 0 Å². The van der Waals surface area contributed by atoms with Gasteiger partial charge in [0.1, 0.15) is 0 Å². The third kappa shape index (κ3) is 1.70. The predicted octanol–water partition coefficient (Wildman–Crippen LogP) is 2.89. The quantitative estimate of drug-likeness (QED) is 0.823. The first-order valence-corrected chi connectivity index (χ1v) is 5.00. The Kier molecular flexibility index (Phi) is 2.20. The van der Waals surface area contributed by atoms with E-state index < -0.39 is 0 Å². The van der Waals surface area contributed by atoms with E-state index in [2.05, 4.69) is 15.9 Å². The third-order valence-corrected chi connectivity index (χ3v) is 2.75. The lowest BCUT2D eigenvalue weighted by Crippen LogP contribution is -1.98. The summed E-state index contributed by atoms with van der Waals surface area (Å²) in [5, 5.41) is 9.76. The molecule has 1 fully saturated rings. The largest absolute Gasteiger partial charge is 0.388 e. The van der Waals surface area contributed by atoms with Gasteiger partial charge in [0.2, 0.25) is 0 Å². The van der Waals surface area contributed by atoms with Gasteiger partial charge in [-0.05, 0) is 36.5 Å². The highest BCUT2D eigenvalue weighted by Crippen LogP contribution is 2.41. The molecule has 2 heteroatoms. The Morgan fingerprint density at radius 2 is 2.17 bits per heavy atom. The molecule has 0 amide bonds. The van der Waals surface area contributed by atoms with Crippen LogP contribution < -0.4 is 0 Å². The van der Waals surface area contributed by atoms with Crippen LogP contribution in [0.3, 0.4) is 0 Å². The van der Waals surface area contributed by atoms with Crippen LogP contribution in [-0.4, -0.2) is 5.11 Å². The molecule has 64 valence electrons. The minimum Gasteiger partial charge on any atom is -0.388 e. The number of aliphatic hydroxyl groups is 1. The van der Waals surface area contributed by atoms with Gasteiger partial charge in [0.25, 0.3) is 0 Å². The second kappa shape index (κ2) is 3.19. The fourth-order valence-electron chi connectivity index (χ4n) is 1.37. The van der Waals surface area contributed by atoms with Crippen LogP contribution in [0.1, 0.15) is 24.5 Å². The Morgan fingerprint density at radius 3 is 2.75 bits per heavy atom. The van der Waals surface area contributed by atoms with Gasteiger partial charge in [-0.3, -0.25) is 0 Å². The first-order valence-electron chi connectivity index (χ1n) is 4.21. The van der Waals surface area contributed by atoms with Gasteiger partial charge in [0, 0.05) is 4.47 Å². The first kappa shape index (κ1) is 8.27. The zero-order valence-corrected chi connectivity index (χ0v) is 8.29. The van der Waals surface area contributed by atoms with Crippen molar-refractivity contribution in [2.24, 2.45) is 5.92 Å². The van der Waals surface area contributed by atoms with Gasteiger partial charge >= 0.3 is 0 Å². The van der Waals surface area contributed by atoms with Crippen LogP contribution in [0, 0.1) is 5.92 Å². The molecule has 0 heterocycles. The van der Waals surface area contributed by atoms with Crippen LogP contribution in [0.2, 0.25) is 0 Å². The smallest absolute Gasteiger partial charge is 0.0818 e. The lowest BCUT2D eigenvalue weighted by atomic mass is 10.1. The summed E-state index contributed by atoms with van der Waals surface area (Å²) in [5.41, 5.74) is 1.03. The highest BCUT2D eigenvalue weighted by atomic mass is 79.9. The van der Waals surface area contributed by atoms with Crippen LogP contribution in [0.25, 0.3) is 0 Å². The van der Waals surface area contributed by atoms with Crippen LogP contribution in [0.4, 0.5) is 0 Å². The molecule has 1 saturated carbocycles. The minimum atomic E-state index is -0.248. The first-order chi connectivity index (χ1) is 5.77. The summed E-state index contributed by atoms with van der Waals surface area (Å²) in [6.07, 6.45) is 2.10. The van der Waals surface area contributed by atoms with Crippen molar-refractivity contribution in [3.05, 3.63) is 34.3 Å². The maximum Gasteiger partial charge on any atom is 0.0818 e. The molecule has 0 saturated heterocycles. The topological polar surface area (TPSA) is 20.2 Å². The van der Waals surface area contributed by atoms with Crippen molar-refractivity contribution in [1.82, 2.24) is 0 Å². The molecule has 1 aliphatic carbocycles. The normalized spacial score (nSPS) is 19.2. The zero-order valence-electron chi connectivity index (χ0n) is 6.70. The highest BCUT2D eigenvalue weighted by Gasteiger charge is 2.30. The molecule has 1 aromatic rings. The van der Waals surface area contributed by atoms with E-state index in [1.54, 1.807) is 0 Å². The van der Waals surface area contributed by atoms with Gasteiger partial charge in [0.05, 0.1) is 6.10 Å². The SMILES string of the molecule is O[C@H](c1cccc(Br)c1)C1CC1. The monoisotopic (exact) mass is 226 g/mol. The molecule has 12 heavy (non-hydrogen) atoms. The number of benzene rings is 1. The summed E-state index contributed by atoms with van der Waals surface area (Å²) in [4.78, 5) is 0. The Bertz CT molecular complexity index is 281. The Morgan fingerprint density at radius 1 is 1.42 bits per heavy atom. The molecular formula is C10H11BrO. The number of hydrogen-bond donors (Lipinski definition) is 1. The second-order valence-electron chi connectivity index (χ2n) is 3.34. The van der Waals surface area contributed by atoms with E-state index in [1.807, 2.05) is 24.3 Å². The van der Waals surface area contributed by atoms with Gasteiger partial charge < -0.3 is 5.11 Å². The summed E-state index contributed by atoms with van der Waals surface area (Å²) < 4.78 is 1.04. The van der Waals surface area contributed by atoms with Crippen LogP contribution >= 0.6 is 15.9 Å². The summed E-state index contributed by atoms with van der Waals surface area (Å²) in [6.45, 7) is 0. The van der Waals surface area contributed by atoms with Crippen LogP contribution in [0.15, 0.2) is 28.7 Å². The van der Waals surface area contributed by atoms with Crippen LogP contribution in [-0.2, 0) is 0 Å². The van der Waals surface area contributed by atoms with Crippen molar-refractivity contribution >= 4 is 15.9 Å². The van der Waals surface area contributed by atoms with E-state index in [0.717, 1.165) is 10.0 Å². The van der Waals surface area contributed by atoms with Crippen LogP contribution in [0.5, 0.6) is 0 Å². The fraction of sp³-hybridized carbons (Fsp3) is 0.400. The fourth-order valence-corrected chi connectivity index (χ4v) is 1.79. The van der Waals surface area contributed by atoms with Gasteiger partial charge in [-0.2, -0.15) is 0 Å². The molecule has 0 aliphatic heterocycles. The van der Waals surface area contributed by atoms with E-state index in [-0.39, 0.29) is 6.10 Å². The maximum absolute atomic E-state index is 9.76. The molecule has 1 atom stereocenters. The number of hydrogen-bond acceptors (Lipinski definition) is 1. The third-order valence-electron chi connectivity index (χ3n) is 2.26. The van der Waals surface area contributed by atoms with Gasteiger partial charge in [0.15, 0.2) is 0 Å². The molecule has 1 aliphatic rings. The van der Waals surface area contributed by atoms with E-state index in [1.165, 1.54) is 12.8 Å².